The Morgan fingerprint density at radius 3 is 2.75 bits per heavy atom. The van der Waals surface area contributed by atoms with Crippen molar-refractivity contribution in [2.24, 2.45) is 0 Å². The molecule has 0 spiro atoms. The minimum Gasteiger partial charge on any atom is -0.455 e. The first-order chi connectivity index (χ1) is 7.81. The van der Waals surface area contributed by atoms with Crippen LogP contribution in [0.4, 0.5) is 0 Å². The Balaban J connectivity index is 2.30. The van der Waals surface area contributed by atoms with Crippen LogP contribution in [0.1, 0.15) is 0 Å². The smallest absolute Gasteiger partial charge is 0.144 e. The van der Waals surface area contributed by atoms with Crippen LogP contribution in [0, 0.1) is 0 Å². The molecule has 0 atom stereocenters. The lowest BCUT2D eigenvalue weighted by Crippen LogP contribution is -1.87. The molecule has 0 N–H and O–H groups in total. The number of hydrogen-bond acceptors (Lipinski definition) is 3. The first-order valence-electron chi connectivity index (χ1n) is 4.71. The summed E-state index contributed by atoms with van der Waals surface area (Å²) in [6.45, 7) is 0. The van der Waals surface area contributed by atoms with Gasteiger partial charge >= 0.3 is 0 Å². The molecule has 16 heavy (non-hydrogen) atoms. The molecule has 1 heterocycles. The Morgan fingerprint density at radius 2 is 2.00 bits per heavy atom. The van der Waals surface area contributed by atoms with Crippen molar-refractivity contribution in [2.75, 3.05) is 6.26 Å². The largest absolute Gasteiger partial charge is 0.455 e. The van der Waals surface area contributed by atoms with Crippen molar-refractivity contribution in [1.29, 1.82) is 0 Å². The van der Waals surface area contributed by atoms with Gasteiger partial charge in [-0.2, -0.15) is 0 Å². The third-order valence-electron chi connectivity index (χ3n) is 2.02. The zero-order valence-corrected chi connectivity index (χ0v) is 11.1. The summed E-state index contributed by atoms with van der Waals surface area (Å²) >= 11 is 5.07. The summed E-state index contributed by atoms with van der Waals surface area (Å²) < 4.78 is 6.68. The van der Waals surface area contributed by atoms with Crippen molar-refractivity contribution < 1.29 is 4.74 Å². The van der Waals surface area contributed by atoms with Crippen molar-refractivity contribution in [2.45, 2.75) is 4.90 Å². The van der Waals surface area contributed by atoms with E-state index in [0.29, 0.717) is 0 Å². The van der Waals surface area contributed by atoms with E-state index in [4.69, 9.17) is 4.74 Å². The lowest BCUT2D eigenvalue weighted by molar-refractivity contribution is 0.467. The SMILES string of the molecule is CSc1ccccc1Oc1ccncc1Br. The van der Waals surface area contributed by atoms with Gasteiger partial charge in [0.05, 0.1) is 4.47 Å². The number of thioether (sulfide) groups is 1. The second-order valence-electron chi connectivity index (χ2n) is 3.06. The van der Waals surface area contributed by atoms with Gasteiger partial charge in [-0.25, -0.2) is 0 Å². The molecule has 2 aromatic rings. The van der Waals surface area contributed by atoms with E-state index in [9.17, 15) is 0 Å². The fourth-order valence-electron chi connectivity index (χ4n) is 1.27. The normalized spacial score (nSPS) is 10.1. The van der Waals surface area contributed by atoms with Crippen molar-refractivity contribution in [3.63, 3.8) is 0 Å². The number of aromatic nitrogens is 1. The number of para-hydroxylation sites is 1. The van der Waals surface area contributed by atoms with E-state index in [1.807, 2.05) is 36.6 Å². The Kier molecular flexibility index (Phi) is 3.85. The number of halogens is 1. The van der Waals surface area contributed by atoms with E-state index in [0.717, 1.165) is 20.9 Å². The molecule has 0 radical (unpaired) electrons. The number of benzene rings is 1. The summed E-state index contributed by atoms with van der Waals surface area (Å²) in [7, 11) is 0. The van der Waals surface area contributed by atoms with Gasteiger partial charge in [0.15, 0.2) is 0 Å². The highest BCUT2D eigenvalue weighted by Gasteiger charge is 2.05. The Bertz CT molecular complexity index is 490. The predicted molar refractivity (Wildman–Crippen MR) is 70.2 cm³/mol. The first-order valence-corrected chi connectivity index (χ1v) is 6.73. The van der Waals surface area contributed by atoms with Crippen LogP contribution >= 0.6 is 27.7 Å². The average Bonchev–Trinajstić information content (AvgIpc) is 2.33. The highest BCUT2D eigenvalue weighted by atomic mass is 79.9. The van der Waals surface area contributed by atoms with Crippen LogP contribution in [0.3, 0.4) is 0 Å². The molecular formula is C12H10BrNOS. The molecule has 0 saturated heterocycles. The Hall–Kier alpha value is -1.00. The van der Waals surface area contributed by atoms with Gasteiger partial charge in [0.1, 0.15) is 11.5 Å². The second-order valence-corrected chi connectivity index (χ2v) is 4.76. The van der Waals surface area contributed by atoms with Gasteiger partial charge < -0.3 is 4.74 Å². The number of nitrogens with zero attached hydrogens (tertiary/aromatic N) is 1. The van der Waals surface area contributed by atoms with Crippen LogP contribution in [0.25, 0.3) is 0 Å². The molecule has 0 amide bonds. The van der Waals surface area contributed by atoms with E-state index >= 15 is 0 Å². The van der Waals surface area contributed by atoms with Crippen LogP contribution < -0.4 is 4.74 Å². The van der Waals surface area contributed by atoms with Gasteiger partial charge in [0.25, 0.3) is 0 Å². The van der Waals surface area contributed by atoms with Gasteiger partial charge in [-0.15, -0.1) is 11.8 Å². The molecule has 1 aromatic heterocycles. The van der Waals surface area contributed by atoms with Crippen molar-refractivity contribution in [3.05, 3.63) is 47.2 Å². The molecule has 0 bridgehead atoms. The molecule has 0 aliphatic carbocycles. The molecule has 0 aliphatic heterocycles. The average molecular weight is 296 g/mol. The summed E-state index contributed by atoms with van der Waals surface area (Å²) in [5.41, 5.74) is 0. The zero-order valence-electron chi connectivity index (χ0n) is 8.68. The minimum atomic E-state index is 0.775. The molecule has 0 fully saturated rings. The summed E-state index contributed by atoms with van der Waals surface area (Å²) in [6, 6.07) is 9.79. The van der Waals surface area contributed by atoms with Crippen LogP contribution in [0.5, 0.6) is 11.5 Å². The lowest BCUT2D eigenvalue weighted by Gasteiger charge is -2.10. The number of pyridine rings is 1. The van der Waals surface area contributed by atoms with Gasteiger partial charge in [-0.05, 0) is 34.3 Å². The fraction of sp³-hybridized carbons (Fsp3) is 0.0833. The third kappa shape index (κ3) is 2.57. The molecule has 0 unspecified atom stereocenters. The van der Waals surface area contributed by atoms with Crippen molar-refractivity contribution >= 4 is 27.7 Å². The number of hydrogen-bond donors (Lipinski definition) is 0. The summed E-state index contributed by atoms with van der Waals surface area (Å²) in [4.78, 5) is 5.11. The van der Waals surface area contributed by atoms with Crippen LogP contribution in [-0.2, 0) is 0 Å². The van der Waals surface area contributed by atoms with Gasteiger partial charge in [-0.3, -0.25) is 4.98 Å². The first kappa shape index (κ1) is 11.5. The molecular weight excluding hydrogens is 286 g/mol. The maximum atomic E-state index is 5.82. The molecule has 1 aromatic carbocycles. The highest BCUT2D eigenvalue weighted by molar-refractivity contribution is 9.10. The molecule has 4 heteroatoms. The Labute approximate surface area is 107 Å². The van der Waals surface area contributed by atoms with Gasteiger partial charge in [0, 0.05) is 23.4 Å². The van der Waals surface area contributed by atoms with Crippen molar-refractivity contribution in [1.82, 2.24) is 4.98 Å². The van der Waals surface area contributed by atoms with E-state index < -0.39 is 0 Å². The number of ether oxygens (including phenoxy) is 1. The fourth-order valence-corrected chi connectivity index (χ4v) is 2.12. The minimum absolute atomic E-state index is 0.775. The quantitative estimate of drug-likeness (QED) is 0.786. The van der Waals surface area contributed by atoms with E-state index in [1.165, 1.54) is 0 Å². The number of rotatable bonds is 3. The standard InChI is InChI=1S/C12H10BrNOS/c1-16-12-5-3-2-4-11(12)15-10-6-7-14-8-9(10)13/h2-8H,1H3. The Morgan fingerprint density at radius 1 is 1.19 bits per heavy atom. The van der Waals surface area contributed by atoms with Crippen LogP contribution in [-0.4, -0.2) is 11.2 Å². The summed E-state index contributed by atoms with van der Waals surface area (Å²) in [5.74, 6) is 1.64. The molecule has 0 saturated carbocycles. The maximum Gasteiger partial charge on any atom is 0.144 e. The molecule has 0 aliphatic rings. The zero-order chi connectivity index (χ0) is 11.4. The molecule has 2 rings (SSSR count). The van der Waals surface area contributed by atoms with E-state index in [2.05, 4.69) is 20.9 Å². The molecule has 2 nitrogen and oxygen atoms in total. The van der Waals surface area contributed by atoms with Gasteiger partial charge in [0.2, 0.25) is 0 Å². The second kappa shape index (κ2) is 5.37. The maximum absolute atomic E-state index is 5.82. The van der Waals surface area contributed by atoms with Gasteiger partial charge in [-0.1, -0.05) is 12.1 Å². The van der Waals surface area contributed by atoms with E-state index in [-0.39, 0.29) is 0 Å². The third-order valence-corrected chi connectivity index (χ3v) is 3.40. The summed E-state index contributed by atoms with van der Waals surface area (Å²) in [6.07, 6.45) is 5.46. The topological polar surface area (TPSA) is 22.1 Å². The molecule has 82 valence electrons. The van der Waals surface area contributed by atoms with Crippen LogP contribution in [0.15, 0.2) is 52.1 Å². The van der Waals surface area contributed by atoms with Crippen LogP contribution in [0.2, 0.25) is 0 Å². The monoisotopic (exact) mass is 295 g/mol. The summed E-state index contributed by atoms with van der Waals surface area (Å²) in [5, 5.41) is 0. The predicted octanol–water partition coefficient (Wildman–Crippen LogP) is 4.36. The van der Waals surface area contributed by atoms with E-state index in [1.54, 1.807) is 24.2 Å². The van der Waals surface area contributed by atoms with Crippen molar-refractivity contribution in [3.8, 4) is 11.5 Å². The lowest BCUT2D eigenvalue weighted by atomic mass is 10.3. The highest BCUT2D eigenvalue weighted by Crippen LogP contribution is 2.34.